The summed E-state index contributed by atoms with van der Waals surface area (Å²) in [7, 11) is 0. The number of hydrogen-bond donors (Lipinski definition) is 3. The second kappa shape index (κ2) is 11.7. The fourth-order valence-electron chi connectivity index (χ4n) is 3.55. The Morgan fingerprint density at radius 2 is 1.44 bits per heavy atom. The third kappa shape index (κ3) is 7.27. The van der Waals surface area contributed by atoms with Gasteiger partial charge in [-0.15, -0.1) is 0 Å². The first-order valence-electron chi connectivity index (χ1n) is 11.1. The van der Waals surface area contributed by atoms with E-state index in [2.05, 4.69) is 29.7 Å². The summed E-state index contributed by atoms with van der Waals surface area (Å²) >= 11 is 0. The second-order valence-electron chi connectivity index (χ2n) is 8.01. The molecule has 0 saturated carbocycles. The summed E-state index contributed by atoms with van der Waals surface area (Å²) in [6, 6.07) is 24.5. The van der Waals surface area contributed by atoms with E-state index in [1.165, 1.54) is 5.56 Å². The molecule has 0 fully saturated rings. The molecule has 5 nitrogen and oxygen atoms in total. The minimum atomic E-state index is -0.672. The normalized spacial score (nSPS) is 11.5. The van der Waals surface area contributed by atoms with E-state index < -0.39 is 6.04 Å². The zero-order valence-electron chi connectivity index (χ0n) is 18.5. The van der Waals surface area contributed by atoms with Crippen LogP contribution in [0.25, 0.3) is 0 Å². The topological polar surface area (TPSA) is 84.2 Å². The van der Waals surface area contributed by atoms with Gasteiger partial charge >= 0.3 is 0 Å². The maximum Gasteiger partial charge on any atom is 0.243 e. The van der Waals surface area contributed by atoms with Crippen LogP contribution >= 0.6 is 0 Å². The molecule has 166 valence electrons. The van der Waals surface area contributed by atoms with E-state index in [0.29, 0.717) is 18.7 Å². The first-order chi connectivity index (χ1) is 15.5. The fourth-order valence-corrected chi connectivity index (χ4v) is 3.55. The minimum Gasteiger partial charge on any atom is -0.399 e. The molecule has 1 atom stereocenters. The molecule has 0 spiro atoms. The molecule has 0 aliphatic carbocycles. The third-order valence-corrected chi connectivity index (χ3v) is 5.31. The van der Waals surface area contributed by atoms with Crippen LogP contribution in [-0.2, 0) is 35.4 Å². The van der Waals surface area contributed by atoms with Crippen LogP contribution in [-0.4, -0.2) is 17.9 Å². The minimum absolute atomic E-state index is 0.177. The van der Waals surface area contributed by atoms with Gasteiger partial charge in [0.15, 0.2) is 0 Å². The van der Waals surface area contributed by atoms with E-state index in [4.69, 9.17) is 5.73 Å². The molecular formula is C27H31N3O2. The molecule has 2 amide bonds. The maximum absolute atomic E-state index is 12.9. The standard InChI is InChI=1S/C27H31N3O2/c1-2-6-20-9-11-22(12-10-20)18-26(31)30-25(17-21-13-15-24(28)16-14-21)27(32)29-19-23-7-4-3-5-8-23/h3-5,7-16,25H,2,6,17-19,28H2,1H3,(H,29,32)(H,30,31)/t25-/m0/s1. The maximum atomic E-state index is 12.9. The summed E-state index contributed by atoms with van der Waals surface area (Å²) < 4.78 is 0. The Kier molecular flexibility index (Phi) is 8.44. The zero-order valence-corrected chi connectivity index (χ0v) is 18.5. The molecule has 5 heteroatoms. The number of nitrogens with one attached hydrogen (secondary N) is 2. The van der Waals surface area contributed by atoms with Gasteiger partial charge in [0.2, 0.25) is 11.8 Å². The number of aryl methyl sites for hydroxylation is 1. The molecule has 0 heterocycles. The molecular weight excluding hydrogens is 398 g/mol. The van der Waals surface area contributed by atoms with Crippen LogP contribution in [0.1, 0.15) is 35.6 Å². The fraction of sp³-hybridized carbons (Fsp3) is 0.259. The molecule has 3 aromatic carbocycles. The summed E-state index contributed by atoms with van der Waals surface area (Å²) in [5.74, 6) is -0.388. The Bertz CT molecular complexity index is 999. The number of amides is 2. The molecule has 32 heavy (non-hydrogen) atoms. The SMILES string of the molecule is CCCc1ccc(CC(=O)N[C@@H](Cc2ccc(N)cc2)C(=O)NCc2ccccc2)cc1. The van der Waals surface area contributed by atoms with Gasteiger partial charge in [0.1, 0.15) is 6.04 Å². The van der Waals surface area contributed by atoms with Crippen LogP contribution in [0.4, 0.5) is 5.69 Å². The number of nitrogens with two attached hydrogens (primary N) is 1. The van der Waals surface area contributed by atoms with Crippen molar-refractivity contribution in [3.05, 3.63) is 101 Å². The average Bonchev–Trinajstić information content (AvgIpc) is 2.80. The molecule has 3 rings (SSSR count). The summed E-state index contributed by atoms with van der Waals surface area (Å²) in [5.41, 5.74) is 10.6. The van der Waals surface area contributed by atoms with Crippen molar-refractivity contribution < 1.29 is 9.59 Å². The highest BCUT2D eigenvalue weighted by atomic mass is 16.2. The quantitative estimate of drug-likeness (QED) is 0.429. The first-order valence-corrected chi connectivity index (χ1v) is 11.1. The molecule has 0 saturated heterocycles. The number of hydrogen-bond acceptors (Lipinski definition) is 3. The van der Waals surface area contributed by atoms with E-state index in [1.54, 1.807) is 12.1 Å². The van der Waals surface area contributed by atoms with Crippen molar-refractivity contribution in [2.75, 3.05) is 5.73 Å². The van der Waals surface area contributed by atoms with Gasteiger partial charge in [-0.05, 0) is 40.8 Å². The highest BCUT2D eigenvalue weighted by molar-refractivity contribution is 5.88. The smallest absolute Gasteiger partial charge is 0.243 e. The molecule has 0 aliphatic heterocycles. The average molecular weight is 430 g/mol. The predicted octanol–water partition coefficient (Wildman–Crippen LogP) is 3.81. The molecule has 0 aliphatic rings. The summed E-state index contributed by atoms with van der Waals surface area (Å²) in [4.78, 5) is 25.7. The summed E-state index contributed by atoms with van der Waals surface area (Å²) in [6.07, 6.45) is 2.74. The van der Waals surface area contributed by atoms with E-state index in [-0.39, 0.29) is 18.2 Å². The molecule has 0 bridgehead atoms. The highest BCUT2D eigenvalue weighted by Crippen LogP contribution is 2.10. The van der Waals surface area contributed by atoms with Crippen LogP contribution in [0.15, 0.2) is 78.9 Å². The number of carbonyl (C=O) groups excluding carboxylic acids is 2. The van der Waals surface area contributed by atoms with Gasteiger partial charge < -0.3 is 16.4 Å². The largest absolute Gasteiger partial charge is 0.399 e. The Morgan fingerprint density at radius 3 is 2.09 bits per heavy atom. The Morgan fingerprint density at radius 1 is 0.812 bits per heavy atom. The second-order valence-corrected chi connectivity index (χ2v) is 8.01. The van der Waals surface area contributed by atoms with Gasteiger partial charge in [0.25, 0.3) is 0 Å². The van der Waals surface area contributed by atoms with Crippen LogP contribution in [0.5, 0.6) is 0 Å². The van der Waals surface area contributed by atoms with Gasteiger partial charge in [-0.3, -0.25) is 9.59 Å². The molecule has 3 aromatic rings. The Labute approximate surface area is 190 Å². The van der Waals surface area contributed by atoms with Crippen molar-refractivity contribution in [1.29, 1.82) is 0 Å². The van der Waals surface area contributed by atoms with Gasteiger partial charge in [-0.25, -0.2) is 0 Å². The first kappa shape index (κ1) is 23.1. The van der Waals surface area contributed by atoms with Crippen LogP contribution in [0.3, 0.4) is 0 Å². The number of nitrogen functional groups attached to an aromatic ring is 1. The number of carbonyl (C=O) groups is 2. The van der Waals surface area contributed by atoms with E-state index >= 15 is 0 Å². The van der Waals surface area contributed by atoms with Crippen LogP contribution in [0, 0.1) is 0 Å². The van der Waals surface area contributed by atoms with Gasteiger partial charge in [0, 0.05) is 18.7 Å². The van der Waals surface area contributed by atoms with Crippen molar-refractivity contribution in [3.63, 3.8) is 0 Å². The van der Waals surface area contributed by atoms with E-state index in [0.717, 1.165) is 29.5 Å². The molecule has 0 radical (unpaired) electrons. The van der Waals surface area contributed by atoms with Crippen LogP contribution in [0.2, 0.25) is 0 Å². The Balaban J connectivity index is 1.65. The van der Waals surface area contributed by atoms with Gasteiger partial charge in [0.05, 0.1) is 6.42 Å². The van der Waals surface area contributed by atoms with Crippen molar-refractivity contribution in [1.82, 2.24) is 10.6 Å². The monoisotopic (exact) mass is 429 g/mol. The molecule has 0 unspecified atom stereocenters. The van der Waals surface area contributed by atoms with Gasteiger partial charge in [-0.1, -0.05) is 80.1 Å². The lowest BCUT2D eigenvalue weighted by Crippen LogP contribution is -2.48. The number of anilines is 1. The van der Waals surface area contributed by atoms with Crippen molar-refractivity contribution in [2.24, 2.45) is 0 Å². The predicted molar refractivity (Wildman–Crippen MR) is 129 cm³/mol. The molecule has 4 N–H and O–H groups in total. The number of benzene rings is 3. The zero-order chi connectivity index (χ0) is 22.8. The van der Waals surface area contributed by atoms with Gasteiger partial charge in [-0.2, -0.15) is 0 Å². The van der Waals surface area contributed by atoms with E-state index in [9.17, 15) is 9.59 Å². The van der Waals surface area contributed by atoms with E-state index in [1.807, 2.05) is 54.6 Å². The number of rotatable bonds is 10. The molecule has 0 aromatic heterocycles. The summed E-state index contributed by atoms with van der Waals surface area (Å²) in [6.45, 7) is 2.55. The highest BCUT2D eigenvalue weighted by Gasteiger charge is 2.21. The third-order valence-electron chi connectivity index (χ3n) is 5.31. The summed E-state index contributed by atoms with van der Waals surface area (Å²) in [5, 5.41) is 5.87. The van der Waals surface area contributed by atoms with Crippen molar-refractivity contribution >= 4 is 17.5 Å². The van der Waals surface area contributed by atoms with Crippen molar-refractivity contribution in [3.8, 4) is 0 Å². The lowest BCUT2D eigenvalue weighted by Gasteiger charge is -2.19. The Hall–Kier alpha value is -3.60. The van der Waals surface area contributed by atoms with Crippen LogP contribution < -0.4 is 16.4 Å². The van der Waals surface area contributed by atoms with Crippen molar-refractivity contribution in [2.45, 2.75) is 45.2 Å². The lowest BCUT2D eigenvalue weighted by molar-refractivity contribution is -0.128. The lowest BCUT2D eigenvalue weighted by atomic mass is 10.0.